The molecule has 0 aromatic heterocycles. The van der Waals surface area contributed by atoms with Gasteiger partial charge < -0.3 is 19.7 Å². The smallest absolute Gasteiger partial charge is 0.396 e. The Bertz CT molecular complexity index is 355. The average Bonchev–Trinajstić information content (AvgIpc) is 2.36. The molecule has 1 rings (SSSR count). The molecule has 0 aliphatic heterocycles. The van der Waals surface area contributed by atoms with Gasteiger partial charge in [0, 0.05) is 7.11 Å². The van der Waals surface area contributed by atoms with Crippen LogP contribution in [0.2, 0.25) is 0 Å². The predicted molar refractivity (Wildman–Crippen MR) is 63.5 cm³/mol. The summed E-state index contributed by atoms with van der Waals surface area (Å²) < 4.78 is 9.42. The number of ether oxygens (including phenoxy) is 1. The Balaban J connectivity index is 2.64. The summed E-state index contributed by atoms with van der Waals surface area (Å²) in [6.45, 7) is 0. The lowest BCUT2D eigenvalue weighted by Gasteiger charge is -2.15. The van der Waals surface area contributed by atoms with Crippen molar-refractivity contribution in [2.45, 2.75) is 12.5 Å². The normalized spacial score (nSPS) is 11.9. The molecule has 2 N–H and O–H groups in total. The fourth-order valence-electron chi connectivity index (χ4n) is 1.37. The maximum absolute atomic E-state index is 11.5. The number of rotatable bonds is 6. The number of phenols is 1. The average molecular weight is 236 g/mol. The highest BCUT2D eigenvalue weighted by Crippen LogP contribution is 2.11. The van der Waals surface area contributed by atoms with Gasteiger partial charge in [-0.25, -0.2) is 0 Å². The van der Waals surface area contributed by atoms with Gasteiger partial charge in [-0.3, -0.25) is 4.79 Å². The van der Waals surface area contributed by atoms with Crippen molar-refractivity contribution in [3.63, 3.8) is 0 Å². The summed E-state index contributed by atoms with van der Waals surface area (Å²) in [6.07, 6.45) is 0.451. The second kappa shape index (κ2) is 6.93. The van der Waals surface area contributed by atoms with Gasteiger partial charge in [0.1, 0.15) is 11.8 Å². The molecule has 1 radical (unpaired) electrons. The molecule has 1 unspecified atom stereocenters. The Morgan fingerprint density at radius 1 is 1.41 bits per heavy atom. The number of nitrogens with one attached hydrogen (secondary N) is 1. The molecule has 5 nitrogen and oxygen atoms in total. The number of aromatic hydroxyl groups is 1. The standard InChI is InChI=1S/C11H15BNO4/c1-16-11(15)10(13-12-17-2)7-8-3-5-9(14)6-4-8/h3-6,10,13-14H,7H2,1-2H3. The summed E-state index contributed by atoms with van der Waals surface area (Å²) in [7, 11) is 4.16. The zero-order valence-electron chi connectivity index (χ0n) is 9.84. The van der Waals surface area contributed by atoms with Gasteiger partial charge in [-0.2, -0.15) is 0 Å². The van der Waals surface area contributed by atoms with Gasteiger partial charge in [0.05, 0.1) is 7.11 Å². The van der Waals surface area contributed by atoms with Crippen LogP contribution in [0.3, 0.4) is 0 Å². The Hall–Kier alpha value is -1.53. The van der Waals surface area contributed by atoms with Crippen molar-refractivity contribution in [3.05, 3.63) is 29.8 Å². The van der Waals surface area contributed by atoms with E-state index in [0.29, 0.717) is 6.42 Å². The molecule has 0 aliphatic carbocycles. The van der Waals surface area contributed by atoms with Crippen LogP contribution in [-0.4, -0.2) is 39.0 Å². The van der Waals surface area contributed by atoms with Gasteiger partial charge >= 0.3 is 13.6 Å². The van der Waals surface area contributed by atoms with Crippen LogP contribution in [0.4, 0.5) is 0 Å². The summed E-state index contributed by atoms with van der Waals surface area (Å²) in [4.78, 5) is 11.5. The first-order valence-corrected chi connectivity index (χ1v) is 5.13. The number of carbonyl (C=O) groups excluding carboxylic acids is 1. The number of methoxy groups -OCH3 is 1. The molecule has 1 aromatic rings. The number of hydrogen-bond donors (Lipinski definition) is 2. The van der Waals surface area contributed by atoms with Crippen LogP contribution in [0.25, 0.3) is 0 Å². The maximum atomic E-state index is 11.5. The molecule has 0 bridgehead atoms. The van der Waals surface area contributed by atoms with Gasteiger partial charge in [-0.15, -0.1) is 0 Å². The lowest BCUT2D eigenvalue weighted by atomic mass is 10.0. The lowest BCUT2D eigenvalue weighted by Crippen LogP contribution is -2.42. The number of esters is 1. The summed E-state index contributed by atoms with van der Waals surface area (Å²) in [6, 6.07) is 6.14. The van der Waals surface area contributed by atoms with Crippen LogP contribution in [0.1, 0.15) is 5.56 Å². The zero-order valence-corrected chi connectivity index (χ0v) is 9.84. The molecule has 0 heterocycles. The minimum atomic E-state index is -0.510. The van der Waals surface area contributed by atoms with Gasteiger partial charge in [0.2, 0.25) is 0 Å². The minimum absolute atomic E-state index is 0.194. The van der Waals surface area contributed by atoms with E-state index >= 15 is 0 Å². The quantitative estimate of drug-likeness (QED) is 0.547. The molecule has 0 fully saturated rings. The number of carbonyl (C=O) groups is 1. The summed E-state index contributed by atoms with van der Waals surface area (Å²) >= 11 is 0. The number of hydrogen-bond acceptors (Lipinski definition) is 5. The Kier molecular flexibility index (Phi) is 5.52. The molecular formula is C11H15BNO4. The van der Waals surface area contributed by atoms with Crippen LogP contribution in [0.15, 0.2) is 24.3 Å². The van der Waals surface area contributed by atoms with Crippen LogP contribution < -0.4 is 5.23 Å². The third-order valence-corrected chi connectivity index (χ3v) is 2.25. The van der Waals surface area contributed by atoms with Crippen LogP contribution in [0, 0.1) is 0 Å². The second-order valence-corrected chi connectivity index (χ2v) is 3.47. The van der Waals surface area contributed by atoms with Gasteiger partial charge in [0.25, 0.3) is 0 Å². The van der Waals surface area contributed by atoms with E-state index in [0.717, 1.165) is 5.56 Å². The molecule has 0 saturated heterocycles. The first-order valence-electron chi connectivity index (χ1n) is 5.13. The van der Waals surface area contributed by atoms with Crippen molar-refractivity contribution in [1.82, 2.24) is 5.23 Å². The first-order chi connectivity index (χ1) is 8.17. The van der Waals surface area contributed by atoms with Crippen molar-refractivity contribution in [3.8, 4) is 5.75 Å². The fourth-order valence-corrected chi connectivity index (χ4v) is 1.37. The summed E-state index contributed by atoms with van der Waals surface area (Å²) in [5, 5.41) is 12.0. The molecule has 17 heavy (non-hydrogen) atoms. The van der Waals surface area contributed by atoms with E-state index in [9.17, 15) is 4.79 Å². The molecule has 91 valence electrons. The van der Waals surface area contributed by atoms with Crippen molar-refractivity contribution in [2.24, 2.45) is 0 Å². The van der Waals surface area contributed by atoms with Gasteiger partial charge in [0.15, 0.2) is 0 Å². The Morgan fingerprint density at radius 2 is 2.06 bits per heavy atom. The molecule has 6 heteroatoms. The zero-order chi connectivity index (χ0) is 12.7. The Labute approximate surface area is 101 Å². The largest absolute Gasteiger partial charge is 0.508 e. The summed E-state index contributed by atoms with van der Waals surface area (Å²) in [5.41, 5.74) is 0.912. The van der Waals surface area contributed by atoms with Gasteiger partial charge in [-0.05, 0) is 24.1 Å². The molecule has 0 saturated carbocycles. The molecular weight excluding hydrogens is 221 g/mol. The SMILES string of the molecule is CO[B]NC(Cc1ccc(O)cc1)C(=O)OC. The lowest BCUT2D eigenvalue weighted by molar-refractivity contribution is -0.142. The van der Waals surface area contributed by atoms with E-state index in [1.54, 1.807) is 24.3 Å². The van der Waals surface area contributed by atoms with Crippen LogP contribution in [-0.2, 0) is 20.6 Å². The van der Waals surface area contributed by atoms with Gasteiger partial charge in [-0.1, -0.05) is 12.1 Å². The first kappa shape index (κ1) is 13.5. The monoisotopic (exact) mass is 236 g/mol. The highest BCUT2D eigenvalue weighted by molar-refractivity contribution is 6.24. The molecule has 0 aliphatic rings. The minimum Gasteiger partial charge on any atom is -0.508 e. The van der Waals surface area contributed by atoms with Crippen molar-refractivity contribution < 1.29 is 19.3 Å². The van der Waals surface area contributed by atoms with E-state index in [2.05, 4.69) is 9.96 Å². The molecule has 0 spiro atoms. The molecule has 1 aromatic carbocycles. The number of benzene rings is 1. The molecule has 0 amide bonds. The summed E-state index contributed by atoms with van der Waals surface area (Å²) in [5.74, 6) is -0.175. The maximum Gasteiger partial charge on any atom is 0.396 e. The number of phenolic OH excluding ortho intramolecular Hbond substituents is 1. The van der Waals surface area contributed by atoms with E-state index < -0.39 is 6.04 Å². The van der Waals surface area contributed by atoms with E-state index in [1.165, 1.54) is 21.8 Å². The second-order valence-electron chi connectivity index (χ2n) is 3.47. The Morgan fingerprint density at radius 3 is 2.59 bits per heavy atom. The highest BCUT2D eigenvalue weighted by Gasteiger charge is 2.19. The van der Waals surface area contributed by atoms with Crippen molar-refractivity contribution in [2.75, 3.05) is 14.2 Å². The van der Waals surface area contributed by atoms with Crippen molar-refractivity contribution >= 4 is 13.6 Å². The van der Waals surface area contributed by atoms with E-state index in [-0.39, 0.29) is 11.7 Å². The van der Waals surface area contributed by atoms with Crippen molar-refractivity contribution in [1.29, 1.82) is 0 Å². The molecule has 1 atom stereocenters. The third-order valence-electron chi connectivity index (χ3n) is 2.25. The highest BCUT2D eigenvalue weighted by atomic mass is 16.5. The van der Waals surface area contributed by atoms with Crippen LogP contribution >= 0.6 is 0 Å². The third kappa shape index (κ3) is 4.46. The predicted octanol–water partition coefficient (Wildman–Crippen LogP) is 0.246. The fraction of sp³-hybridized carbons (Fsp3) is 0.364. The topological polar surface area (TPSA) is 67.8 Å². The van der Waals surface area contributed by atoms with E-state index in [1.807, 2.05) is 0 Å². The van der Waals surface area contributed by atoms with E-state index in [4.69, 9.17) is 9.76 Å². The van der Waals surface area contributed by atoms with Crippen LogP contribution in [0.5, 0.6) is 5.75 Å².